The average Bonchev–Trinajstić information content (AvgIpc) is 2.70. The van der Waals surface area contributed by atoms with Crippen molar-refractivity contribution >= 4 is 11.6 Å². The fourth-order valence-corrected chi connectivity index (χ4v) is 2.83. The molecule has 2 aromatic rings. The monoisotopic (exact) mass is 386 g/mol. The second-order valence-electron chi connectivity index (χ2n) is 6.65. The van der Waals surface area contributed by atoms with E-state index in [0.717, 1.165) is 48.9 Å². The predicted molar refractivity (Wildman–Crippen MR) is 112 cm³/mol. The van der Waals surface area contributed by atoms with Crippen LogP contribution in [0.5, 0.6) is 17.2 Å². The first-order valence-electron chi connectivity index (χ1n) is 9.41. The first-order chi connectivity index (χ1) is 13.5. The van der Waals surface area contributed by atoms with Crippen LogP contribution in [0.3, 0.4) is 0 Å². The number of rotatable bonds is 11. The van der Waals surface area contributed by atoms with E-state index in [4.69, 9.17) is 14.2 Å². The fourth-order valence-electron chi connectivity index (χ4n) is 2.83. The van der Waals surface area contributed by atoms with Gasteiger partial charge in [-0.3, -0.25) is 4.79 Å². The van der Waals surface area contributed by atoms with E-state index in [1.807, 2.05) is 36.4 Å². The minimum atomic E-state index is -0.0789. The highest BCUT2D eigenvalue weighted by Crippen LogP contribution is 2.27. The highest BCUT2D eigenvalue weighted by Gasteiger charge is 2.06. The van der Waals surface area contributed by atoms with Crippen molar-refractivity contribution < 1.29 is 19.0 Å². The van der Waals surface area contributed by atoms with Crippen LogP contribution in [-0.4, -0.2) is 51.8 Å². The average molecular weight is 386 g/mol. The maximum Gasteiger partial charge on any atom is 0.221 e. The number of benzene rings is 2. The minimum absolute atomic E-state index is 0.0789. The highest BCUT2D eigenvalue weighted by atomic mass is 16.5. The van der Waals surface area contributed by atoms with E-state index in [-0.39, 0.29) is 5.91 Å². The molecule has 0 heterocycles. The van der Waals surface area contributed by atoms with Crippen molar-refractivity contribution in [3.05, 3.63) is 48.0 Å². The maximum atomic E-state index is 11.0. The lowest BCUT2D eigenvalue weighted by molar-refractivity contribution is -0.114. The van der Waals surface area contributed by atoms with E-state index in [2.05, 4.69) is 23.3 Å². The molecule has 152 valence electrons. The van der Waals surface area contributed by atoms with Crippen LogP contribution in [0, 0.1) is 0 Å². The number of ether oxygens (including phenoxy) is 3. The molecule has 2 rings (SSSR count). The zero-order valence-electron chi connectivity index (χ0n) is 17.2. The van der Waals surface area contributed by atoms with E-state index in [9.17, 15) is 4.79 Å². The van der Waals surface area contributed by atoms with Gasteiger partial charge in [-0.15, -0.1) is 0 Å². The second-order valence-corrected chi connectivity index (χ2v) is 6.65. The van der Waals surface area contributed by atoms with Gasteiger partial charge in [-0.2, -0.15) is 0 Å². The number of carbonyl (C=O) groups excluding carboxylic acids is 1. The summed E-state index contributed by atoms with van der Waals surface area (Å²) in [5, 5.41) is 2.74. The van der Waals surface area contributed by atoms with Crippen molar-refractivity contribution in [3.63, 3.8) is 0 Å². The van der Waals surface area contributed by atoms with Gasteiger partial charge in [0.2, 0.25) is 5.91 Å². The third-order valence-corrected chi connectivity index (χ3v) is 4.36. The number of likely N-dealkylation sites (N-methyl/N-ethyl adjacent to an activating group) is 1. The summed E-state index contributed by atoms with van der Waals surface area (Å²) in [5.74, 6) is 2.24. The smallest absolute Gasteiger partial charge is 0.221 e. The van der Waals surface area contributed by atoms with Gasteiger partial charge < -0.3 is 24.4 Å². The molecule has 2 aromatic carbocycles. The Morgan fingerprint density at radius 2 is 1.71 bits per heavy atom. The van der Waals surface area contributed by atoms with Crippen LogP contribution in [0.4, 0.5) is 5.69 Å². The summed E-state index contributed by atoms with van der Waals surface area (Å²) in [6.07, 6.45) is 1.89. The van der Waals surface area contributed by atoms with E-state index in [1.165, 1.54) is 12.5 Å². The molecule has 0 fully saturated rings. The Kier molecular flexibility index (Phi) is 8.62. The van der Waals surface area contributed by atoms with Gasteiger partial charge in [0.25, 0.3) is 0 Å². The van der Waals surface area contributed by atoms with Gasteiger partial charge in [0.15, 0.2) is 11.5 Å². The van der Waals surface area contributed by atoms with Crippen LogP contribution in [0.25, 0.3) is 0 Å². The van der Waals surface area contributed by atoms with E-state index >= 15 is 0 Å². The lowest BCUT2D eigenvalue weighted by Gasteiger charge is -2.17. The van der Waals surface area contributed by atoms with Gasteiger partial charge in [0.05, 0.1) is 20.8 Å². The molecule has 6 heteroatoms. The van der Waals surface area contributed by atoms with Crippen LogP contribution in [0.2, 0.25) is 0 Å². The number of hydrogen-bond donors (Lipinski definition) is 1. The van der Waals surface area contributed by atoms with E-state index in [1.54, 1.807) is 14.2 Å². The fraction of sp³-hybridized carbons (Fsp3) is 0.409. The van der Waals surface area contributed by atoms with Crippen LogP contribution in [0.1, 0.15) is 18.9 Å². The Balaban J connectivity index is 1.67. The van der Waals surface area contributed by atoms with Crippen LogP contribution < -0.4 is 19.5 Å². The number of hydrogen-bond acceptors (Lipinski definition) is 5. The topological polar surface area (TPSA) is 60.0 Å². The molecular formula is C22H30N2O4. The molecule has 0 radical (unpaired) electrons. The number of methoxy groups -OCH3 is 2. The Morgan fingerprint density at radius 3 is 2.36 bits per heavy atom. The molecule has 1 amide bonds. The molecule has 6 nitrogen and oxygen atoms in total. The molecule has 0 aliphatic carbocycles. The molecule has 0 bridgehead atoms. The molecule has 28 heavy (non-hydrogen) atoms. The van der Waals surface area contributed by atoms with Gasteiger partial charge in [0, 0.05) is 25.7 Å². The molecular weight excluding hydrogens is 356 g/mol. The third-order valence-electron chi connectivity index (χ3n) is 4.36. The van der Waals surface area contributed by atoms with Crippen molar-refractivity contribution in [2.45, 2.75) is 19.8 Å². The first-order valence-corrected chi connectivity index (χ1v) is 9.41. The summed E-state index contributed by atoms with van der Waals surface area (Å²) >= 11 is 0. The summed E-state index contributed by atoms with van der Waals surface area (Å²) in [7, 11) is 5.41. The van der Waals surface area contributed by atoms with Crippen molar-refractivity contribution in [2.75, 3.05) is 46.3 Å². The number of amides is 1. The largest absolute Gasteiger partial charge is 0.494 e. The van der Waals surface area contributed by atoms with Gasteiger partial charge in [-0.25, -0.2) is 0 Å². The summed E-state index contributed by atoms with van der Waals surface area (Å²) < 4.78 is 16.4. The van der Waals surface area contributed by atoms with E-state index in [0.29, 0.717) is 6.61 Å². The molecule has 0 atom stereocenters. The summed E-state index contributed by atoms with van der Waals surface area (Å²) in [4.78, 5) is 13.3. The van der Waals surface area contributed by atoms with Crippen LogP contribution in [0.15, 0.2) is 42.5 Å². The van der Waals surface area contributed by atoms with Gasteiger partial charge in [0.1, 0.15) is 5.75 Å². The molecule has 1 N–H and O–H groups in total. The quantitative estimate of drug-likeness (QED) is 0.598. The highest BCUT2D eigenvalue weighted by molar-refractivity contribution is 5.88. The zero-order valence-corrected chi connectivity index (χ0v) is 17.2. The normalized spacial score (nSPS) is 10.6. The standard InChI is InChI=1S/C22H30N2O4/c1-17(25)23-19-7-9-20(10-8-19)28-15-5-13-24(2)14-12-18-6-11-21(26-3)22(16-18)27-4/h6-11,16H,5,12-15H2,1-4H3,(H,23,25). The van der Waals surface area contributed by atoms with Gasteiger partial charge >= 0.3 is 0 Å². The lowest BCUT2D eigenvalue weighted by Crippen LogP contribution is -2.23. The Morgan fingerprint density at radius 1 is 1.00 bits per heavy atom. The van der Waals surface area contributed by atoms with Gasteiger partial charge in [-0.1, -0.05) is 6.07 Å². The molecule has 0 unspecified atom stereocenters. The summed E-state index contributed by atoms with van der Waals surface area (Å²) in [6, 6.07) is 13.5. The SMILES string of the molecule is COc1ccc(CCN(C)CCCOc2ccc(NC(C)=O)cc2)cc1OC. The molecule has 0 spiro atoms. The second kappa shape index (κ2) is 11.2. The molecule has 0 saturated carbocycles. The molecule has 0 saturated heterocycles. The first kappa shape index (κ1) is 21.6. The third kappa shape index (κ3) is 7.12. The van der Waals surface area contributed by atoms with E-state index < -0.39 is 0 Å². The predicted octanol–water partition coefficient (Wildman–Crippen LogP) is 3.61. The zero-order chi connectivity index (χ0) is 20.4. The van der Waals surface area contributed by atoms with Crippen LogP contribution >= 0.6 is 0 Å². The van der Waals surface area contributed by atoms with Crippen molar-refractivity contribution in [1.82, 2.24) is 4.90 Å². The van der Waals surface area contributed by atoms with Crippen LogP contribution in [-0.2, 0) is 11.2 Å². The number of nitrogens with one attached hydrogen (secondary N) is 1. The van der Waals surface area contributed by atoms with Gasteiger partial charge in [-0.05, 0) is 61.9 Å². The Labute approximate surface area is 167 Å². The van der Waals surface area contributed by atoms with Crippen molar-refractivity contribution in [3.8, 4) is 17.2 Å². The molecule has 0 aliphatic heterocycles. The minimum Gasteiger partial charge on any atom is -0.494 e. The molecule has 0 aliphatic rings. The number of anilines is 1. The summed E-state index contributed by atoms with van der Waals surface area (Å²) in [5.41, 5.74) is 2.00. The maximum absolute atomic E-state index is 11.0. The van der Waals surface area contributed by atoms with Crippen molar-refractivity contribution in [2.24, 2.45) is 0 Å². The van der Waals surface area contributed by atoms with Crippen molar-refractivity contribution in [1.29, 1.82) is 0 Å². The number of carbonyl (C=O) groups is 1. The number of nitrogens with zero attached hydrogens (tertiary/aromatic N) is 1. The summed E-state index contributed by atoms with van der Waals surface area (Å²) in [6.45, 7) is 4.06. The lowest BCUT2D eigenvalue weighted by atomic mass is 10.1. The molecule has 0 aromatic heterocycles. The Hall–Kier alpha value is -2.73. The Bertz CT molecular complexity index is 747.